The summed E-state index contributed by atoms with van der Waals surface area (Å²) in [6.07, 6.45) is 0. The first-order chi connectivity index (χ1) is 1.00. The molecule has 0 saturated carbocycles. The van der Waals surface area contributed by atoms with Gasteiger partial charge in [-0.25, -0.2) is 0 Å². The van der Waals surface area contributed by atoms with Crippen molar-refractivity contribution in [2.75, 3.05) is 0 Å². The van der Waals surface area contributed by atoms with Crippen LogP contribution in [0.1, 0.15) is 0 Å². The maximum absolute atomic E-state index is 7.94. The minimum absolute atomic E-state index is 0. The van der Waals surface area contributed by atoms with Gasteiger partial charge in [-0.3, -0.25) is 0 Å². The molecule has 4 heavy (non-hydrogen) atoms. The molecule has 0 aromatic heterocycles. The Morgan fingerprint density at radius 2 is 1.25 bits per heavy atom. The fourth-order valence-corrected chi connectivity index (χ4v) is 0. The van der Waals surface area contributed by atoms with Crippen molar-refractivity contribution in [1.29, 1.82) is 0 Å². The quantitative estimate of drug-likeness (QED) is 0.419. The molecule has 0 N–H and O–H groups in total. The van der Waals surface area contributed by atoms with Crippen LogP contribution in [0, 0.1) is 0 Å². The first-order valence-corrected chi connectivity index (χ1v) is 0.561. The minimum atomic E-state index is 0. The second-order valence-electron chi connectivity index (χ2n) is 0. The maximum atomic E-state index is 7.94. The van der Waals surface area contributed by atoms with Gasteiger partial charge in [0.15, 0.2) is 0 Å². The SMILES string of the molecule is [Cu].[MgH2].[O]=[Co]. The molecule has 0 aromatic carbocycles. The summed E-state index contributed by atoms with van der Waals surface area (Å²) in [7, 11) is 0. The molecule has 0 aliphatic heterocycles. The molecule has 0 rings (SSSR count). The Morgan fingerprint density at radius 3 is 1.25 bits per heavy atom. The predicted octanol–water partition coefficient (Wildman–Crippen LogP) is -1.04. The zero-order valence-corrected chi connectivity index (χ0v) is 3.03. The molecule has 0 fully saturated rings. The fourth-order valence-electron chi connectivity index (χ4n) is 0. The van der Waals surface area contributed by atoms with Crippen molar-refractivity contribution in [3.63, 3.8) is 0 Å². The zero-order chi connectivity index (χ0) is 2.00. The van der Waals surface area contributed by atoms with Gasteiger partial charge < -0.3 is 0 Å². The topological polar surface area (TPSA) is 17.1 Å². The summed E-state index contributed by atoms with van der Waals surface area (Å²) < 4.78 is 7.94. The van der Waals surface area contributed by atoms with Crippen molar-refractivity contribution in [1.82, 2.24) is 0 Å². The van der Waals surface area contributed by atoms with E-state index in [1.54, 1.807) is 0 Å². The Labute approximate surface area is 59.3 Å². The van der Waals surface area contributed by atoms with Gasteiger partial charge in [0.25, 0.3) is 0 Å². The molecule has 0 bridgehead atoms. The summed E-state index contributed by atoms with van der Waals surface area (Å²) in [6.45, 7) is 0. The number of hydrogen-bond acceptors (Lipinski definition) is 1. The van der Waals surface area contributed by atoms with Crippen LogP contribution in [0.5, 0.6) is 0 Å². The van der Waals surface area contributed by atoms with Crippen LogP contribution >= 0.6 is 0 Å². The van der Waals surface area contributed by atoms with Gasteiger partial charge in [0, 0.05) is 17.1 Å². The van der Waals surface area contributed by atoms with Crippen LogP contribution in [-0.4, -0.2) is 23.1 Å². The molecule has 0 aromatic rings. The molecule has 0 saturated heterocycles. The fraction of sp³-hybridized carbons (Fsp3) is 0. The second kappa shape index (κ2) is 23.4. The Balaban J connectivity index is -0.00000000500. The van der Waals surface area contributed by atoms with Crippen molar-refractivity contribution in [3.8, 4) is 0 Å². The van der Waals surface area contributed by atoms with E-state index >= 15 is 0 Å². The summed E-state index contributed by atoms with van der Waals surface area (Å²) in [5.74, 6) is 0. The van der Waals surface area contributed by atoms with E-state index in [-0.39, 0.29) is 40.1 Å². The molecule has 0 amide bonds. The van der Waals surface area contributed by atoms with Gasteiger partial charge in [-0.2, -0.15) is 0 Å². The van der Waals surface area contributed by atoms with E-state index in [1.807, 2.05) is 0 Å². The van der Waals surface area contributed by atoms with E-state index < -0.39 is 0 Å². The van der Waals surface area contributed by atoms with Gasteiger partial charge in [-0.1, -0.05) is 0 Å². The molecule has 0 aliphatic carbocycles. The molecule has 0 heterocycles. The first-order valence-electron chi connectivity index (χ1n) is 0.136. The van der Waals surface area contributed by atoms with E-state index in [4.69, 9.17) is 3.87 Å². The Kier molecular flexibility index (Phi) is 103. The molecule has 4 heteroatoms. The molecule has 0 spiro atoms. The standard InChI is InChI=1S/Co.Cu.Mg.O.2H. The normalized spacial score (nSPS) is 1.25. The molecular weight excluding hydrogens is 163 g/mol. The molecule has 1 radical (unpaired) electrons. The Bertz CT molecular complexity index is 8.00. The van der Waals surface area contributed by atoms with E-state index in [0.717, 1.165) is 0 Å². The van der Waals surface area contributed by atoms with Crippen molar-refractivity contribution < 1.29 is 36.6 Å². The second-order valence-corrected chi connectivity index (χ2v) is 0. The van der Waals surface area contributed by atoms with Crippen molar-refractivity contribution in [3.05, 3.63) is 0 Å². The van der Waals surface area contributed by atoms with Crippen molar-refractivity contribution in [2.45, 2.75) is 0 Å². The van der Waals surface area contributed by atoms with Gasteiger partial charge in [0.05, 0.1) is 0 Å². The molecule has 30 valence electrons. The molecule has 0 atom stereocenters. The zero-order valence-electron chi connectivity index (χ0n) is 1.04. The van der Waals surface area contributed by atoms with E-state index in [0.29, 0.717) is 0 Å². The van der Waals surface area contributed by atoms with Crippen LogP contribution in [0.25, 0.3) is 0 Å². The molecular formula is H2CoCuMgO. The third kappa shape index (κ3) is 9.52. The summed E-state index contributed by atoms with van der Waals surface area (Å²) in [5, 5.41) is 0. The average Bonchev–Trinajstić information content (AvgIpc) is 1.00. The van der Waals surface area contributed by atoms with E-state index in [1.165, 1.54) is 0 Å². The Hall–Kier alpha value is 1.59. The number of hydrogen-bond donors (Lipinski definition) is 0. The summed E-state index contributed by atoms with van der Waals surface area (Å²) in [6, 6.07) is 0. The number of rotatable bonds is 0. The van der Waals surface area contributed by atoms with Crippen LogP contribution < -0.4 is 0 Å². The van der Waals surface area contributed by atoms with Crippen LogP contribution in [-0.2, 0) is 36.6 Å². The van der Waals surface area contributed by atoms with E-state index in [9.17, 15) is 0 Å². The van der Waals surface area contributed by atoms with Gasteiger partial charge >= 0.3 is 42.6 Å². The van der Waals surface area contributed by atoms with Gasteiger partial charge in [0.1, 0.15) is 0 Å². The van der Waals surface area contributed by atoms with Crippen LogP contribution in [0.4, 0.5) is 0 Å². The third-order valence-electron chi connectivity index (χ3n) is 0. The average molecular weight is 165 g/mol. The van der Waals surface area contributed by atoms with E-state index in [2.05, 4.69) is 15.7 Å². The third-order valence-corrected chi connectivity index (χ3v) is 0. The van der Waals surface area contributed by atoms with Crippen LogP contribution in [0.15, 0.2) is 0 Å². The summed E-state index contributed by atoms with van der Waals surface area (Å²) in [5.41, 5.74) is 0. The van der Waals surface area contributed by atoms with Crippen molar-refractivity contribution >= 4 is 23.1 Å². The monoisotopic (exact) mass is 164 g/mol. The van der Waals surface area contributed by atoms with Gasteiger partial charge in [-0.15, -0.1) is 0 Å². The molecule has 1 nitrogen and oxygen atoms in total. The van der Waals surface area contributed by atoms with Crippen molar-refractivity contribution in [2.24, 2.45) is 0 Å². The van der Waals surface area contributed by atoms with Crippen LogP contribution in [0.3, 0.4) is 0 Å². The predicted molar refractivity (Wildman–Crippen MR) is 9.23 cm³/mol. The summed E-state index contributed by atoms with van der Waals surface area (Å²) in [4.78, 5) is 0. The molecule has 0 aliphatic rings. The van der Waals surface area contributed by atoms with Crippen LogP contribution in [0.2, 0.25) is 0 Å². The Morgan fingerprint density at radius 1 is 1.25 bits per heavy atom. The van der Waals surface area contributed by atoms with Gasteiger partial charge in [0.2, 0.25) is 0 Å². The van der Waals surface area contributed by atoms with Gasteiger partial charge in [-0.05, 0) is 0 Å². The molecule has 0 unspecified atom stereocenters. The first kappa shape index (κ1) is 17.6. The summed E-state index contributed by atoms with van der Waals surface area (Å²) >= 11 is 2.31.